The third kappa shape index (κ3) is 3.74. The Balaban J connectivity index is 1.79. The van der Waals surface area contributed by atoms with E-state index in [-0.39, 0.29) is 0 Å². The SMILES string of the molecule is Nc1cnc(NCCCc2ccccc2)c(Br)c1. The van der Waals surface area contributed by atoms with Gasteiger partial charge in [0, 0.05) is 6.54 Å². The monoisotopic (exact) mass is 305 g/mol. The van der Waals surface area contributed by atoms with Gasteiger partial charge in [-0.2, -0.15) is 0 Å². The summed E-state index contributed by atoms with van der Waals surface area (Å²) >= 11 is 3.44. The predicted octanol–water partition coefficient (Wildman–Crippen LogP) is 3.47. The summed E-state index contributed by atoms with van der Waals surface area (Å²) in [6, 6.07) is 12.3. The van der Waals surface area contributed by atoms with Crippen molar-refractivity contribution in [2.45, 2.75) is 12.8 Å². The molecule has 3 nitrogen and oxygen atoms in total. The van der Waals surface area contributed by atoms with Crippen LogP contribution in [-0.4, -0.2) is 11.5 Å². The lowest BCUT2D eigenvalue weighted by atomic mass is 10.1. The smallest absolute Gasteiger partial charge is 0.140 e. The topological polar surface area (TPSA) is 50.9 Å². The molecule has 2 aromatic rings. The van der Waals surface area contributed by atoms with Crippen molar-refractivity contribution in [1.29, 1.82) is 0 Å². The first-order valence-corrected chi connectivity index (χ1v) is 6.74. The molecule has 0 spiro atoms. The standard InChI is InChI=1S/C14H16BrN3/c15-13-9-12(16)10-18-14(13)17-8-4-7-11-5-2-1-3-6-11/h1-3,5-6,9-10H,4,7-8,16H2,(H,17,18). The number of nitrogen functional groups attached to an aromatic ring is 1. The minimum atomic E-state index is 0.664. The largest absolute Gasteiger partial charge is 0.397 e. The zero-order chi connectivity index (χ0) is 12.8. The molecule has 94 valence electrons. The fourth-order valence-electron chi connectivity index (χ4n) is 1.73. The van der Waals surface area contributed by atoms with E-state index < -0.39 is 0 Å². The van der Waals surface area contributed by atoms with Gasteiger partial charge in [0.15, 0.2) is 0 Å². The predicted molar refractivity (Wildman–Crippen MR) is 79.6 cm³/mol. The molecule has 0 aliphatic carbocycles. The summed E-state index contributed by atoms with van der Waals surface area (Å²) in [6.07, 6.45) is 3.80. The Morgan fingerprint density at radius 1 is 1.22 bits per heavy atom. The molecule has 0 bridgehead atoms. The summed E-state index contributed by atoms with van der Waals surface area (Å²) in [4.78, 5) is 4.24. The lowest BCUT2D eigenvalue weighted by Gasteiger charge is -2.08. The number of nitrogens with one attached hydrogen (secondary N) is 1. The summed E-state index contributed by atoms with van der Waals surface area (Å²) in [5.41, 5.74) is 7.67. The maximum atomic E-state index is 5.64. The Morgan fingerprint density at radius 2 is 2.00 bits per heavy atom. The van der Waals surface area contributed by atoms with Crippen LogP contribution in [0.25, 0.3) is 0 Å². The lowest BCUT2D eigenvalue weighted by Crippen LogP contribution is -2.05. The highest BCUT2D eigenvalue weighted by Crippen LogP contribution is 2.21. The van der Waals surface area contributed by atoms with Gasteiger partial charge >= 0.3 is 0 Å². The van der Waals surface area contributed by atoms with Crippen LogP contribution in [0.5, 0.6) is 0 Å². The molecule has 0 saturated carbocycles. The number of nitrogens with two attached hydrogens (primary N) is 1. The summed E-state index contributed by atoms with van der Waals surface area (Å²) in [5, 5.41) is 3.30. The quantitative estimate of drug-likeness (QED) is 0.832. The zero-order valence-electron chi connectivity index (χ0n) is 10.1. The van der Waals surface area contributed by atoms with Crippen LogP contribution in [0.1, 0.15) is 12.0 Å². The van der Waals surface area contributed by atoms with Crippen LogP contribution in [0.3, 0.4) is 0 Å². The normalized spacial score (nSPS) is 10.3. The molecule has 0 unspecified atom stereocenters. The number of nitrogens with zero attached hydrogens (tertiary/aromatic N) is 1. The molecule has 0 atom stereocenters. The van der Waals surface area contributed by atoms with Crippen molar-refractivity contribution in [3.8, 4) is 0 Å². The van der Waals surface area contributed by atoms with E-state index in [1.54, 1.807) is 6.20 Å². The van der Waals surface area contributed by atoms with Crippen LogP contribution in [0, 0.1) is 0 Å². The van der Waals surface area contributed by atoms with Gasteiger partial charge in [-0.15, -0.1) is 0 Å². The number of halogens is 1. The molecule has 18 heavy (non-hydrogen) atoms. The number of hydrogen-bond acceptors (Lipinski definition) is 3. The van der Waals surface area contributed by atoms with Crippen molar-refractivity contribution in [3.05, 3.63) is 52.6 Å². The van der Waals surface area contributed by atoms with E-state index in [2.05, 4.69) is 50.5 Å². The number of anilines is 2. The second-order valence-corrected chi connectivity index (χ2v) is 4.97. The molecule has 0 aliphatic rings. The van der Waals surface area contributed by atoms with Crippen LogP contribution in [0.2, 0.25) is 0 Å². The molecule has 1 heterocycles. The van der Waals surface area contributed by atoms with Crippen LogP contribution in [0.15, 0.2) is 47.1 Å². The first-order chi connectivity index (χ1) is 8.75. The average molecular weight is 306 g/mol. The number of aromatic nitrogens is 1. The Bertz CT molecular complexity index is 500. The second kappa shape index (κ2) is 6.40. The minimum absolute atomic E-state index is 0.664. The van der Waals surface area contributed by atoms with E-state index in [9.17, 15) is 0 Å². The second-order valence-electron chi connectivity index (χ2n) is 4.12. The fourth-order valence-corrected chi connectivity index (χ4v) is 2.23. The molecule has 4 heteroatoms. The average Bonchev–Trinajstić information content (AvgIpc) is 2.38. The number of pyridine rings is 1. The molecule has 0 saturated heterocycles. The van der Waals surface area contributed by atoms with Crippen molar-refractivity contribution in [2.24, 2.45) is 0 Å². The summed E-state index contributed by atoms with van der Waals surface area (Å²) < 4.78 is 0.905. The number of rotatable bonds is 5. The van der Waals surface area contributed by atoms with Crippen molar-refractivity contribution < 1.29 is 0 Å². The van der Waals surface area contributed by atoms with Crippen LogP contribution in [-0.2, 0) is 6.42 Å². The number of hydrogen-bond donors (Lipinski definition) is 2. The lowest BCUT2D eigenvalue weighted by molar-refractivity contribution is 0.858. The van der Waals surface area contributed by atoms with E-state index in [1.165, 1.54) is 5.56 Å². The molecule has 1 aromatic heterocycles. The third-order valence-corrected chi connectivity index (χ3v) is 3.24. The van der Waals surface area contributed by atoms with Gasteiger partial charge in [-0.3, -0.25) is 0 Å². The van der Waals surface area contributed by atoms with E-state index in [0.717, 1.165) is 29.7 Å². The summed E-state index contributed by atoms with van der Waals surface area (Å²) in [6.45, 7) is 0.893. The fraction of sp³-hybridized carbons (Fsp3) is 0.214. The van der Waals surface area contributed by atoms with Gasteiger partial charge in [-0.25, -0.2) is 4.98 Å². The van der Waals surface area contributed by atoms with Crippen LogP contribution in [0.4, 0.5) is 11.5 Å². The highest BCUT2D eigenvalue weighted by atomic mass is 79.9. The van der Waals surface area contributed by atoms with Crippen LogP contribution >= 0.6 is 15.9 Å². The van der Waals surface area contributed by atoms with Gasteiger partial charge in [-0.1, -0.05) is 30.3 Å². The molecular formula is C14H16BrN3. The zero-order valence-corrected chi connectivity index (χ0v) is 11.7. The molecule has 0 aliphatic heterocycles. The van der Waals surface area contributed by atoms with Gasteiger partial charge < -0.3 is 11.1 Å². The van der Waals surface area contributed by atoms with Gasteiger partial charge in [0.25, 0.3) is 0 Å². The molecule has 0 radical (unpaired) electrons. The number of benzene rings is 1. The minimum Gasteiger partial charge on any atom is -0.397 e. The van der Waals surface area contributed by atoms with Crippen LogP contribution < -0.4 is 11.1 Å². The van der Waals surface area contributed by atoms with E-state index >= 15 is 0 Å². The van der Waals surface area contributed by atoms with E-state index in [1.807, 2.05) is 12.1 Å². The Labute approximate surface area is 116 Å². The Morgan fingerprint density at radius 3 is 2.72 bits per heavy atom. The first-order valence-electron chi connectivity index (χ1n) is 5.94. The molecular weight excluding hydrogens is 290 g/mol. The van der Waals surface area contributed by atoms with Crippen molar-refractivity contribution in [2.75, 3.05) is 17.6 Å². The maximum absolute atomic E-state index is 5.64. The maximum Gasteiger partial charge on any atom is 0.140 e. The first kappa shape index (κ1) is 12.9. The van der Waals surface area contributed by atoms with Gasteiger partial charge in [0.05, 0.1) is 16.4 Å². The van der Waals surface area contributed by atoms with Crippen molar-refractivity contribution in [3.63, 3.8) is 0 Å². The molecule has 3 N–H and O–H groups in total. The molecule has 0 fully saturated rings. The molecule has 0 amide bonds. The number of aryl methyl sites for hydroxylation is 1. The van der Waals surface area contributed by atoms with E-state index in [0.29, 0.717) is 5.69 Å². The van der Waals surface area contributed by atoms with Gasteiger partial charge in [-0.05, 0) is 40.4 Å². The third-order valence-electron chi connectivity index (χ3n) is 2.64. The van der Waals surface area contributed by atoms with Crippen molar-refractivity contribution >= 4 is 27.4 Å². The highest BCUT2D eigenvalue weighted by molar-refractivity contribution is 9.10. The summed E-state index contributed by atoms with van der Waals surface area (Å²) in [5.74, 6) is 0.845. The van der Waals surface area contributed by atoms with E-state index in [4.69, 9.17) is 5.73 Å². The Hall–Kier alpha value is -1.55. The summed E-state index contributed by atoms with van der Waals surface area (Å²) in [7, 11) is 0. The van der Waals surface area contributed by atoms with Gasteiger partial charge in [0.1, 0.15) is 5.82 Å². The molecule has 1 aromatic carbocycles. The van der Waals surface area contributed by atoms with Crippen molar-refractivity contribution in [1.82, 2.24) is 4.98 Å². The van der Waals surface area contributed by atoms with Gasteiger partial charge in [0.2, 0.25) is 0 Å². The highest BCUT2D eigenvalue weighted by Gasteiger charge is 2.00. The Kier molecular flexibility index (Phi) is 4.59. The molecule has 2 rings (SSSR count).